The van der Waals surface area contributed by atoms with Gasteiger partial charge in [0.2, 0.25) is 6.29 Å². The van der Waals surface area contributed by atoms with E-state index in [9.17, 15) is 4.79 Å². The molecule has 3 rings (SSSR count). The zero-order valence-corrected chi connectivity index (χ0v) is 12.1. The standard InChI is InChI=1S/C15H17NO3S/c1-18-15(11-5-3-2-4-6-11)19-14(17)12-8-10-20-13-7-9-16(12)13/h2-6,8,13,15H,7,9-10H2,1H3. The van der Waals surface area contributed by atoms with Crippen molar-refractivity contribution in [2.24, 2.45) is 0 Å². The molecule has 2 atom stereocenters. The summed E-state index contributed by atoms with van der Waals surface area (Å²) in [5.74, 6) is 0.569. The number of ether oxygens (including phenoxy) is 2. The Kier molecular flexibility index (Phi) is 3.98. The lowest BCUT2D eigenvalue weighted by molar-refractivity contribution is -0.173. The van der Waals surface area contributed by atoms with Crippen LogP contribution in [0.1, 0.15) is 18.3 Å². The Morgan fingerprint density at radius 1 is 1.40 bits per heavy atom. The van der Waals surface area contributed by atoms with Gasteiger partial charge in [-0.25, -0.2) is 4.79 Å². The van der Waals surface area contributed by atoms with Crippen LogP contribution in [0.2, 0.25) is 0 Å². The van der Waals surface area contributed by atoms with Gasteiger partial charge in [-0.15, -0.1) is 11.8 Å². The number of hydrogen-bond acceptors (Lipinski definition) is 5. The average Bonchev–Trinajstić information content (AvgIpc) is 2.46. The van der Waals surface area contributed by atoms with E-state index in [1.54, 1.807) is 7.11 Å². The molecule has 0 amide bonds. The zero-order chi connectivity index (χ0) is 13.9. The van der Waals surface area contributed by atoms with Crippen molar-refractivity contribution in [1.82, 2.24) is 4.90 Å². The molecule has 4 nitrogen and oxygen atoms in total. The van der Waals surface area contributed by atoms with E-state index in [1.807, 2.05) is 48.2 Å². The van der Waals surface area contributed by atoms with Crippen LogP contribution in [-0.4, -0.2) is 35.7 Å². The summed E-state index contributed by atoms with van der Waals surface area (Å²) in [6.07, 6.45) is 2.43. The molecule has 2 aliphatic heterocycles. The Labute approximate surface area is 122 Å². The smallest absolute Gasteiger partial charge is 0.356 e. The molecule has 0 bridgehead atoms. The van der Waals surface area contributed by atoms with Gasteiger partial charge >= 0.3 is 5.97 Å². The van der Waals surface area contributed by atoms with Gasteiger partial charge in [0.25, 0.3) is 0 Å². The Balaban J connectivity index is 1.70. The topological polar surface area (TPSA) is 38.8 Å². The maximum absolute atomic E-state index is 12.3. The Morgan fingerprint density at radius 2 is 2.20 bits per heavy atom. The summed E-state index contributed by atoms with van der Waals surface area (Å²) < 4.78 is 10.8. The average molecular weight is 291 g/mol. The predicted octanol–water partition coefficient (Wildman–Crippen LogP) is 2.54. The number of rotatable bonds is 4. The van der Waals surface area contributed by atoms with Crippen LogP contribution in [0.4, 0.5) is 0 Å². The molecule has 5 heteroatoms. The van der Waals surface area contributed by atoms with Gasteiger partial charge in [0.1, 0.15) is 5.70 Å². The van der Waals surface area contributed by atoms with E-state index in [2.05, 4.69) is 4.90 Å². The van der Waals surface area contributed by atoms with Crippen LogP contribution in [0.3, 0.4) is 0 Å². The summed E-state index contributed by atoms with van der Waals surface area (Å²) in [5, 5.41) is 0.445. The third kappa shape index (κ3) is 2.55. The molecule has 0 N–H and O–H groups in total. The van der Waals surface area contributed by atoms with Crippen LogP contribution in [0, 0.1) is 0 Å². The van der Waals surface area contributed by atoms with E-state index in [0.717, 1.165) is 24.3 Å². The number of hydrogen-bond donors (Lipinski definition) is 0. The van der Waals surface area contributed by atoms with Crippen molar-refractivity contribution in [2.75, 3.05) is 19.4 Å². The number of carbonyl (C=O) groups excluding carboxylic acids is 1. The maximum atomic E-state index is 12.3. The molecule has 2 unspecified atom stereocenters. The van der Waals surface area contributed by atoms with Crippen LogP contribution < -0.4 is 0 Å². The zero-order valence-electron chi connectivity index (χ0n) is 11.3. The number of methoxy groups -OCH3 is 1. The number of fused-ring (bicyclic) bond motifs is 1. The lowest BCUT2D eigenvalue weighted by atomic mass is 10.1. The second-order valence-corrected chi connectivity index (χ2v) is 5.95. The molecule has 20 heavy (non-hydrogen) atoms. The summed E-state index contributed by atoms with van der Waals surface area (Å²) in [6, 6.07) is 9.50. The fourth-order valence-corrected chi connectivity index (χ4v) is 3.54. The first kappa shape index (κ1) is 13.5. The quantitative estimate of drug-likeness (QED) is 0.629. The molecule has 0 spiro atoms. The lowest BCUT2D eigenvalue weighted by Gasteiger charge is -2.45. The van der Waals surface area contributed by atoms with Gasteiger partial charge in [0.05, 0.1) is 5.37 Å². The van der Waals surface area contributed by atoms with Crippen LogP contribution in [0.15, 0.2) is 42.1 Å². The van der Waals surface area contributed by atoms with Gasteiger partial charge in [-0.05, 0) is 12.5 Å². The van der Waals surface area contributed by atoms with Crippen LogP contribution in [0.5, 0.6) is 0 Å². The molecule has 1 aromatic rings. The number of esters is 1. The van der Waals surface area contributed by atoms with Gasteiger partial charge in [-0.2, -0.15) is 0 Å². The second kappa shape index (κ2) is 5.89. The number of thioether (sulfide) groups is 1. The van der Waals surface area contributed by atoms with E-state index >= 15 is 0 Å². The molecule has 2 aliphatic rings. The van der Waals surface area contributed by atoms with E-state index < -0.39 is 6.29 Å². The Bertz CT molecular complexity index is 517. The molecule has 2 heterocycles. The second-order valence-electron chi connectivity index (χ2n) is 4.74. The van der Waals surface area contributed by atoms with Crippen LogP contribution >= 0.6 is 11.8 Å². The highest BCUT2D eigenvalue weighted by Crippen LogP contribution is 2.36. The molecule has 1 saturated heterocycles. The SMILES string of the molecule is COC(OC(=O)C1=CCSC2CCN12)c1ccccc1. The summed E-state index contributed by atoms with van der Waals surface area (Å²) in [4.78, 5) is 14.4. The van der Waals surface area contributed by atoms with E-state index in [4.69, 9.17) is 9.47 Å². The monoisotopic (exact) mass is 291 g/mol. The summed E-state index contributed by atoms with van der Waals surface area (Å²) >= 11 is 1.87. The largest absolute Gasteiger partial charge is 0.427 e. The lowest BCUT2D eigenvalue weighted by Crippen LogP contribution is -2.48. The highest BCUT2D eigenvalue weighted by molar-refractivity contribution is 8.00. The molecule has 106 valence electrons. The first-order valence-electron chi connectivity index (χ1n) is 6.66. The fourth-order valence-electron chi connectivity index (χ4n) is 2.39. The molecular formula is C15H17NO3S. The Hall–Kier alpha value is -1.46. The van der Waals surface area contributed by atoms with Crippen molar-refractivity contribution < 1.29 is 14.3 Å². The summed E-state index contributed by atoms with van der Waals surface area (Å²) in [5.41, 5.74) is 1.52. The van der Waals surface area contributed by atoms with Crippen molar-refractivity contribution in [3.05, 3.63) is 47.7 Å². The van der Waals surface area contributed by atoms with Gasteiger partial charge in [0, 0.05) is 25.0 Å². The van der Waals surface area contributed by atoms with E-state index in [1.165, 1.54) is 0 Å². The highest BCUT2D eigenvalue weighted by Gasteiger charge is 2.36. The van der Waals surface area contributed by atoms with Gasteiger partial charge in [-0.1, -0.05) is 30.3 Å². The van der Waals surface area contributed by atoms with Gasteiger partial charge in [-0.3, -0.25) is 0 Å². The molecule has 0 radical (unpaired) electrons. The van der Waals surface area contributed by atoms with E-state index in [0.29, 0.717) is 11.1 Å². The highest BCUT2D eigenvalue weighted by atomic mass is 32.2. The summed E-state index contributed by atoms with van der Waals surface area (Å²) in [7, 11) is 1.54. The van der Waals surface area contributed by atoms with Crippen molar-refractivity contribution in [3.63, 3.8) is 0 Å². The third-order valence-electron chi connectivity index (χ3n) is 3.55. The van der Waals surface area contributed by atoms with Gasteiger partial charge in [0.15, 0.2) is 0 Å². The Morgan fingerprint density at radius 3 is 2.85 bits per heavy atom. The first-order chi connectivity index (χ1) is 9.79. The number of carbonyl (C=O) groups is 1. The number of benzene rings is 1. The molecule has 0 saturated carbocycles. The molecule has 1 fully saturated rings. The van der Waals surface area contributed by atoms with Gasteiger partial charge < -0.3 is 14.4 Å². The van der Waals surface area contributed by atoms with Crippen molar-refractivity contribution >= 4 is 17.7 Å². The minimum Gasteiger partial charge on any atom is -0.427 e. The predicted molar refractivity (Wildman–Crippen MR) is 77.9 cm³/mol. The summed E-state index contributed by atoms with van der Waals surface area (Å²) in [6.45, 7) is 0.932. The van der Waals surface area contributed by atoms with Crippen molar-refractivity contribution in [2.45, 2.75) is 18.1 Å². The fraction of sp³-hybridized carbons (Fsp3) is 0.400. The van der Waals surface area contributed by atoms with E-state index in [-0.39, 0.29) is 5.97 Å². The third-order valence-corrected chi connectivity index (χ3v) is 4.78. The normalized spacial score (nSPS) is 22.4. The number of nitrogens with zero attached hydrogens (tertiary/aromatic N) is 1. The molecule has 0 aromatic heterocycles. The van der Waals surface area contributed by atoms with Crippen LogP contribution in [0.25, 0.3) is 0 Å². The minimum absolute atomic E-state index is 0.300. The first-order valence-corrected chi connectivity index (χ1v) is 7.71. The van der Waals surface area contributed by atoms with Crippen molar-refractivity contribution in [1.29, 1.82) is 0 Å². The maximum Gasteiger partial charge on any atom is 0.356 e. The molecule has 0 aliphatic carbocycles. The molecular weight excluding hydrogens is 274 g/mol. The molecule has 1 aromatic carbocycles. The van der Waals surface area contributed by atoms with Crippen molar-refractivity contribution in [3.8, 4) is 0 Å². The van der Waals surface area contributed by atoms with Crippen LogP contribution in [-0.2, 0) is 14.3 Å². The minimum atomic E-state index is -0.654.